The zero-order chi connectivity index (χ0) is 37.4. The van der Waals surface area contributed by atoms with Crippen LogP contribution in [0.3, 0.4) is 0 Å². The summed E-state index contributed by atoms with van der Waals surface area (Å²) in [6.07, 6.45) is 3.06. The van der Waals surface area contributed by atoms with E-state index >= 15 is 0 Å². The molecule has 0 radical (unpaired) electrons. The van der Waals surface area contributed by atoms with Gasteiger partial charge in [-0.05, 0) is 138 Å². The Bertz CT molecular complexity index is 706. The fourth-order valence-electron chi connectivity index (χ4n) is 6.90. The molecule has 0 unspecified atom stereocenters. The zero-order valence-corrected chi connectivity index (χ0v) is 35.7. The predicted octanol–water partition coefficient (Wildman–Crippen LogP) is 7.58. The molecule has 4 aliphatic heterocycles. The van der Waals surface area contributed by atoms with Gasteiger partial charge in [-0.3, -0.25) is 19.6 Å². The van der Waals surface area contributed by atoms with Gasteiger partial charge >= 0.3 is 0 Å². The van der Waals surface area contributed by atoms with Crippen LogP contribution >= 0.6 is 0 Å². The lowest BCUT2D eigenvalue weighted by atomic mass is 10.0. The molecule has 8 nitrogen and oxygen atoms in total. The van der Waals surface area contributed by atoms with Crippen molar-refractivity contribution in [3.63, 3.8) is 0 Å². The molecular formula is C40H84N4O4. The van der Waals surface area contributed by atoms with Gasteiger partial charge in [0.25, 0.3) is 0 Å². The normalized spacial score (nSPS) is 33.8. The van der Waals surface area contributed by atoms with Gasteiger partial charge in [0.05, 0.1) is 48.8 Å². The van der Waals surface area contributed by atoms with Crippen LogP contribution in [0.15, 0.2) is 0 Å². The lowest BCUT2D eigenvalue weighted by Gasteiger charge is -2.43. The SMILES string of the molecule is C[C@@H]1CN(C(C)(C)C)C[C@@H](C)O1.C[C@@H]1CN(C(C)(C)C)C[C@H](C)O1.C[C@@H]1CN(C(C)(C)C)C[C@H](C)O1.C[C@H]1CN(C(C)(C)C)C[C@H](C)O1. The van der Waals surface area contributed by atoms with E-state index in [4.69, 9.17) is 18.9 Å². The molecule has 0 N–H and O–H groups in total. The third kappa shape index (κ3) is 17.7. The predicted molar refractivity (Wildman–Crippen MR) is 205 cm³/mol. The fourth-order valence-corrected chi connectivity index (χ4v) is 6.90. The monoisotopic (exact) mass is 685 g/mol. The number of morpholine rings is 4. The highest BCUT2D eigenvalue weighted by molar-refractivity contribution is 4.86. The molecular weight excluding hydrogens is 600 g/mol. The molecule has 288 valence electrons. The Hall–Kier alpha value is -0.320. The highest BCUT2D eigenvalue weighted by Crippen LogP contribution is 2.23. The molecule has 4 saturated heterocycles. The van der Waals surface area contributed by atoms with E-state index in [1.165, 1.54) is 0 Å². The highest BCUT2D eigenvalue weighted by Gasteiger charge is 2.32. The van der Waals surface area contributed by atoms with Crippen LogP contribution in [0.1, 0.15) is 138 Å². The van der Waals surface area contributed by atoms with Gasteiger partial charge in [0.2, 0.25) is 0 Å². The minimum Gasteiger partial charge on any atom is -0.373 e. The Labute approximate surface area is 299 Å². The minimum absolute atomic E-state index is 0.284. The Kier molecular flexibility index (Phi) is 18.0. The molecule has 4 fully saturated rings. The molecule has 8 atom stereocenters. The van der Waals surface area contributed by atoms with E-state index in [9.17, 15) is 0 Å². The first-order valence-electron chi connectivity index (χ1n) is 19.2. The van der Waals surface area contributed by atoms with Crippen LogP contribution in [0, 0.1) is 0 Å². The third-order valence-corrected chi connectivity index (χ3v) is 9.47. The van der Waals surface area contributed by atoms with Crippen LogP contribution in [0.4, 0.5) is 0 Å². The number of ether oxygens (including phenoxy) is 4. The maximum atomic E-state index is 5.67. The van der Waals surface area contributed by atoms with Crippen LogP contribution in [0.25, 0.3) is 0 Å². The van der Waals surface area contributed by atoms with Crippen molar-refractivity contribution in [1.82, 2.24) is 19.6 Å². The van der Waals surface area contributed by atoms with Crippen LogP contribution in [0.5, 0.6) is 0 Å². The first-order chi connectivity index (χ1) is 21.6. The molecule has 0 bridgehead atoms. The van der Waals surface area contributed by atoms with Crippen molar-refractivity contribution in [1.29, 1.82) is 0 Å². The average Bonchev–Trinajstić information content (AvgIpc) is 2.86. The summed E-state index contributed by atoms with van der Waals surface area (Å²) in [7, 11) is 0. The molecule has 0 amide bonds. The molecule has 48 heavy (non-hydrogen) atoms. The summed E-state index contributed by atoms with van der Waals surface area (Å²) < 4.78 is 22.7. The molecule has 0 aromatic rings. The highest BCUT2D eigenvalue weighted by atomic mass is 16.5. The molecule has 0 spiro atoms. The average molecular weight is 685 g/mol. The second-order valence-corrected chi connectivity index (χ2v) is 19.3. The minimum atomic E-state index is 0.284. The van der Waals surface area contributed by atoms with Crippen LogP contribution in [-0.2, 0) is 18.9 Å². The van der Waals surface area contributed by atoms with Gasteiger partial charge < -0.3 is 18.9 Å². The van der Waals surface area contributed by atoms with Crippen LogP contribution in [-0.4, -0.2) is 143 Å². The second-order valence-electron chi connectivity index (χ2n) is 19.3. The van der Waals surface area contributed by atoms with E-state index in [-0.39, 0.29) is 22.2 Å². The Morgan fingerprint density at radius 3 is 0.458 bits per heavy atom. The summed E-state index contributed by atoms with van der Waals surface area (Å²) in [5.74, 6) is 0. The summed E-state index contributed by atoms with van der Waals surface area (Å²) in [6.45, 7) is 52.8. The van der Waals surface area contributed by atoms with Gasteiger partial charge in [-0.25, -0.2) is 0 Å². The Balaban J connectivity index is 0.000000320. The van der Waals surface area contributed by atoms with Gasteiger partial charge in [0.1, 0.15) is 0 Å². The standard InChI is InChI=1S/4C10H21NO/c4*1-8-6-11(10(3,4)5)7-9(2)12-8/h4*8-9H,6-7H2,1-5H3/t2*8-,9+;2*8-,9-/m..10/s1. The zero-order valence-electron chi connectivity index (χ0n) is 35.7. The molecule has 0 aliphatic carbocycles. The topological polar surface area (TPSA) is 49.9 Å². The Morgan fingerprint density at radius 1 is 0.271 bits per heavy atom. The van der Waals surface area contributed by atoms with Gasteiger partial charge in [-0.15, -0.1) is 0 Å². The number of hydrogen-bond acceptors (Lipinski definition) is 8. The molecule has 4 heterocycles. The molecule has 8 heteroatoms. The van der Waals surface area contributed by atoms with Crippen molar-refractivity contribution in [2.75, 3.05) is 52.4 Å². The van der Waals surface area contributed by atoms with Crippen molar-refractivity contribution < 1.29 is 18.9 Å². The molecule has 0 aromatic carbocycles. The third-order valence-electron chi connectivity index (χ3n) is 9.47. The van der Waals surface area contributed by atoms with E-state index in [0.717, 1.165) is 52.4 Å². The van der Waals surface area contributed by atoms with Gasteiger partial charge in [0.15, 0.2) is 0 Å². The Morgan fingerprint density at radius 2 is 0.375 bits per heavy atom. The maximum absolute atomic E-state index is 5.67. The number of hydrogen-bond donors (Lipinski definition) is 0. The first kappa shape index (κ1) is 45.7. The van der Waals surface area contributed by atoms with E-state index in [0.29, 0.717) is 48.8 Å². The van der Waals surface area contributed by atoms with Crippen molar-refractivity contribution in [2.24, 2.45) is 0 Å². The quantitative estimate of drug-likeness (QED) is 0.259. The van der Waals surface area contributed by atoms with Crippen LogP contribution in [0.2, 0.25) is 0 Å². The van der Waals surface area contributed by atoms with Crippen molar-refractivity contribution in [3.05, 3.63) is 0 Å². The smallest absolute Gasteiger partial charge is 0.0678 e. The molecule has 0 saturated carbocycles. The second kappa shape index (κ2) is 19.0. The van der Waals surface area contributed by atoms with Crippen molar-refractivity contribution in [3.8, 4) is 0 Å². The van der Waals surface area contributed by atoms with Gasteiger partial charge in [0, 0.05) is 74.5 Å². The summed E-state index contributed by atoms with van der Waals surface area (Å²) in [6, 6.07) is 0. The lowest BCUT2D eigenvalue weighted by molar-refractivity contribution is -0.0925. The largest absolute Gasteiger partial charge is 0.373 e. The molecule has 4 rings (SSSR count). The number of rotatable bonds is 0. The molecule has 0 aromatic heterocycles. The van der Waals surface area contributed by atoms with Crippen molar-refractivity contribution in [2.45, 2.75) is 209 Å². The summed E-state index contributed by atoms with van der Waals surface area (Å²) in [5.41, 5.74) is 1.14. The summed E-state index contributed by atoms with van der Waals surface area (Å²) >= 11 is 0. The van der Waals surface area contributed by atoms with E-state index in [2.05, 4.69) is 158 Å². The summed E-state index contributed by atoms with van der Waals surface area (Å²) in [5, 5.41) is 0. The van der Waals surface area contributed by atoms with E-state index < -0.39 is 0 Å². The summed E-state index contributed by atoms with van der Waals surface area (Å²) in [4.78, 5) is 9.97. The fraction of sp³-hybridized carbons (Fsp3) is 1.00. The van der Waals surface area contributed by atoms with Gasteiger partial charge in [-0.1, -0.05) is 0 Å². The lowest BCUT2D eigenvalue weighted by Crippen LogP contribution is -2.53. The number of nitrogens with zero attached hydrogens (tertiary/aromatic N) is 4. The maximum Gasteiger partial charge on any atom is 0.0678 e. The molecule has 4 aliphatic rings. The first-order valence-corrected chi connectivity index (χ1v) is 19.2. The van der Waals surface area contributed by atoms with Crippen molar-refractivity contribution >= 4 is 0 Å². The van der Waals surface area contributed by atoms with E-state index in [1.54, 1.807) is 0 Å². The van der Waals surface area contributed by atoms with E-state index in [1.807, 2.05) is 0 Å². The van der Waals surface area contributed by atoms with Gasteiger partial charge in [-0.2, -0.15) is 0 Å². The van der Waals surface area contributed by atoms with Crippen LogP contribution < -0.4 is 0 Å².